The molecule has 0 radical (unpaired) electrons. The predicted octanol–water partition coefficient (Wildman–Crippen LogP) is 3.01. The smallest absolute Gasteiger partial charge is 0.101 e. The van der Waals surface area contributed by atoms with Crippen LogP contribution in [0.3, 0.4) is 0 Å². The fraction of sp³-hybridized carbons (Fsp3) is 0.500. The van der Waals surface area contributed by atoms with Crippen molar-refractivity contribution in [1.29, 1.82) is 5.26 Å². The van der Waals surface area contributed by atoms with Crippen molar-refractivity contribution in [2.24, 2.45) is 5.92 Å². The van der Waals surface area contributed by atoms with Gasteiger partial charge in [0, 0.05) is 13.1 Å². The number of hydrogen-bond donors (Lipinski definition) is 1. The van der Waals surface area contributed by atoms with Crippen molar-refractivity contribution in [2.45, 2.75) is 27.2 Å². The Morgan fingerprint density at radius 1 is 1.41 bits per heavy atom. The van der Waals surface area contributed by atoms with Gasteiger partial charge in [0.05, 0.1) is 16.9 Å². The summed E-state index contributed by atoms with van der Waals surface area (Å²) in [7, 11) is 0. The van der Waals surface area contributed by atoms with Crippen LogP contribution in [0.25, 0.3) is 0 Å². The zero-order valence-corrected chi connectivity index (χ0v) is 10.9. The Kier molecular flexibility index (Phi) is 4.84. The molecule has 0 aromatic heterocycles. The van der Waals surface area contributed by atoms with Crippen LogP contribution in [-0.2, 0) is 0 Å². The molecule has 1 aromatic carbocycles. The zero-order chi connectivity index (χ0) is 12.8. The van der Waals surface area contributed by atoms with E-state index in [1.165, 1.54) is 0 Å². The highest BCUT2D eigenvalue weighted by Gasteiger charge is 2.12. The molecule has 0 aliphatic heterocycles. The highest BCUT2D eigenvalue weighted by atomic mass is 15.1. The summed E-state index contributed by atoms with van der Waals surface area (Å²) < 4.78 is 0. The molecular formula is C14H21N3. The Balaban J connectivity index is 3.00. The first-order valence-electron chi connectivity index (χ1n) is 6.17. The second-order valence-corrected chi connectivity index (χ2v) is 4.40. The van der Waals surface area contributed by atoms with E-state index in [1.807, 2.05) is 12.1 Å². The number of hydrogen-bond acceptors (Lipinski definition) is 3. The lowest BCUT2D eigenvalue weighted by molar-refractivity contribution is 0.548. The number of anilines is 2. The summed E-state index contributed by atoms with van der Waals surface area (Å²) in [6.07, 6.45) is 1.15. The van der Waals surface area contributed by atoms with Gasteiger partial charge in [0.15, 0.2) is 0 Å². The molecule has 0 saturated carbocycles. The van der Waals surface area contributed by atoms with Crippen LogP contribution in [0.1, 0.15) is 32.8 Å². The molecule has 1 unspecified atom stereocenters. The molecule has 0 spiro atoms. The van der Waals surface area contributed by atoms with Crippen LogP contribution >= 0.6 is 0 Å². The topological polar surface area (TPSA) is 53.0 Å². The molecule has 0 aliphatic rings. The van der Waals surface area contributed by atoms with Gasteiger partial charge in [-0.2, -0.15) is 5.26 Å². The number of nitrogens with zero attached hydrogens (tertiary/aromatic N) is 2. The van der Waals surface area contributed by atoms with Crippen LogP contribution in [0.2, 0.25) is 0 Å². The van der Waals surface area contributed by atoms with Crippen LogP contribution < -0.4 is 10.6 Å². The van der Waals surface area contributed by atoms with Gasteiger partial charge in [-0.25, -0.2) is 0 Å². The maximum absolute atomic E-state index is 8.98. The molecule has 17 heavy (non-hydrogen) atoms. The molecule has 0 saturated heterocycles. The van der Waals surface area contributed by atoms with Gasteiger partial charge in [-0.15, -0.1) is 0 Å². The molecule has 0 amide bonds. The average molecular weight is 231 g/mol. The second-order valence-electron chi connectivity index (χ2n) is 4.40. The Hall–Kier alpha value is -1.69. The standard InChI is InChI=1S/C14H21N3/c1-4-11(3)10-17(5-2)13-8-6-7-12(9-15)14(13)16/h6-8,11H,4-5,10,16H2,1-3H3. The number of nitrogen functional groups attached to an aromatic ring is 1. The molecule has 92 valence electrons. The Morgan fingerprint density at radius 3 is 2.65 bits per heavy atom. The average Bonchev–Trinajstić information content (AvgIpc) is 2.36. The molecule has 0 aliphatic carbocycles. The van der Waals surface area contributed by atoms with Crippen molar-refractivity contribution in [3.63, 3.8) is 0 Å². The maximum Gasteiger partial charge on any atom is 0.101 e. The predicted molar refractivity (Wildman–Crippen MR) is 72.9 cm³/mol. The summed E-state index contributed by atoms with van der Waals surface area (Å²) in [6.45, 7) is 8.41. The van der Waals surface area contributed by atoms with E-state index in [9.17, 15) is 0 Å². The van der Waals surface area contributed by atoms with Gasteiger partial charge in [0.2, 0.25) is 0 Å². The summed E-state index contributed by atoms with van der Waals surface area (Å²) in [5.41, 5.74) is 8.16. The largest absolute Gasteiger partial charge is 0.396 e. The third-order valence-corrected chi connectivity index (χ3v) is 3.15. The van der Waals surface area contributed by atoms with E-state index in [4.69, 9.17) is 11.0 Å². The van der Waals surface area contributed by atoms with Crippen molar-refractivity contribution in [3.05, 3.63) is 23.8 Å². The molecule has 1 aromatic rings. The number of benzene rings is 1. The van der Waals surface area contributed by atoms with E-state index in [0.717, 1.165) is 25.2 Å². The number of nitrogens with two attached hydrogens (primary N) is 1. The van der Waals surface area contributed by atoms with Crippen molar-refractivity contribution in [1.82, 2.24) is 0 Å². The lowest BCUT2D eigenvalue weighted by Crippen LogP contribution is -2.28. The SMILES string of the molecule is CCC(C)CN(CC)c1cccc(C#N)c1N. The van der Waals surface area contributed by atoms with Gasteiger partial charge in [-0.05, 0) is 25.0 Å². The van der Waals surface area contributed by atoms with E-state index in [-0.39, 0.29) is 0 Å². The van der Waals surface area contributed by atoms with E-state index in [0.29, 0.717) is 17.2 Å². The molecule has 0 fully saturated rings. The van der Waals surface area contributed by atoms with Gasteiger partial charge in [0.1, 0.15) is 6.07 Å². The molecule has 2 N–H and O–H groups in total. The summed E-state index contributed by atoms with van der Waals surface area (Å²) in [5.74, 6) is 0.625. The molecule has 0 heterocycles. The highest BCUT2D eigenvalue weighted by Crippen LogP contribution is 2.27. The third kappa shape index (κ3) is 3.13. The van der Waals surface area contributed by atoms with Crippen molar-refractivity contribution < 1.29 is 0 Å². The minimum Gasteiger partial charge on any atom is -0.396 e. The molecule has 1 rings (SSSR count). The monoisotopic (exact) mass is 231 g/mol. The van der Waals surface area contributed by atoms with E-state index in [1.54, 1.807) is 6.07 Å². The van der Waals surface area contributed by atoms with Gasteiger partial charge < -0.3 is 10.6 Å². The maximum atomic E-state index is 8.98. The lowest BCUT2D eigenvalue weighted by Gasteiger charge is -2.27. The van der Waals surface area contributed by atoms with E-state index in [2.05, 4.69) is 31.7 Å². The van der Waals surface area contributed by atoms with Crippen LogP contribution in [-0.4, -0.2) is 13.1 Å². The minimum atomic E-state index is 0.560. The lowest BCUT2D eigenvalue weighted by atomic mass is 10.1. The molecule has 1 atom stereocenters. The quantitative estimate of drug-likeness (QED) is 0.792. The summed E-state index contributed by atoms with van der Waals surface area (Å²) in [6, 6.07) is 7.77. The number of rotatable bonds is 5. The van der Waals surface area contributed by atoms with Gasteiger partial charge in [0.25, 0.3) is 0 Å². The summed E-state index contributed by atoms with van der Waals surface area (Å²) >= 11 is 0. The fourth-order valence-electron chi connectivity index (χ4n) is 1.83. The number of para-hydroxylation sites is 1. The first-order chi connectivity index (χ1) is 8.13. The van der Waals surface area contributed by atoms with Crippen molar-refractivity contribution in [2.75, 3.05) is 23.7 Å². The van der Waals surface area contributed by atoms with Gasteiger partial charge in [-0.1, -0.05) is 26.3 Å². The Morgan fingerprint density at radius 2 is 2.12 bits per heavy atom. The van der Waals surface area contributed by atoms with E-state index < -0.39 is 0 Å². The second kappa shape index (κ2) is 6.15. The number of nitriles is 1. The first-order valence-corrected chi connectivity index (χ1v) is 6.17. The van der Waals surface area contributed by atoms with Gasteiger partial charge >= 0.3 is 0 Å². The van der Waals surface area contributed by atoms with Crippen LogP contribution in [0.4, 0.5) is 11.4 Å². The van der Waals surface area contributed by atoms with E-state index >= 15 is 0 Å². The van der Waals surface area contributed by atoms with Crippen LogP contribution in [0.5, 0.6) is 0 Å². The minimum absolute atomic E-state index is 0.560. The zero-order valence-electron chi connectivity index (χ0n) is 10.9. The summed E-state index contributed by atoms with van der Waals surface area (Å²) in [4.78, 5) is 2.24. The molecule has 3 nitrogen and oxygen atoms in total. The fourth-order valence-corrected chi connectivity index (χ4v) is 1.83. The highest BCUT2D eigenvalue weighted by molar-refractivity contribution is 5.73. The van der Waals surface area contributed by atoms with Crippen LogP contribution in [0.15, 0.2) is 18.2 Å². The first kappa shape index (κ1) is 13.4. The third-order valence-electron chi connectivity index (χ3n) is 3.15. The van der Waals surface area contributed by atoms with Crippen molar-refractivity contribution in [3.8, 4) is 6.07 Å². The Bertz CT molecular complexity index is 406. The normalized spacial score (nSPS) is 11.9. The molecule has 0 bridgehead atoms. The van der Waals surface area contributed by atoms with Crippen LogP contribution in [0, 0.1) is 17.2 Å². The van der Waals surface area contributed by atoms with Crippen molar-refractivity contribution >= 4 is 11.4 Å². The van der Waals surface area contributed by atoms with Gasteiger partial charge in [-0.3, -0.25) is 0 Å². The molecular weight excluding hydrogens is 210 g/mol. The molecule has 3 heteroatoms. The summed E-state index contributed by atoms with van der Waals surface area (Å²) in [5, 5.41) is 8.98. The Labute approximate surface area is 104 Å².